The van der Waals surface area contributed by atoms with Crippen LogP contribution >= 0.6 is 0 Å². The van der Waals surface area contributed by atoms with Crippen LogP contribution in [0.25, 0.3) is 0 Å². The summed E-state index contributed by atoms with van der Waals surface area (Å²) in [7, 11) is 1.33. The number of esters is 1. The number of anilines is 1. The zero-order valence-corrected chi connectivity index (χ0v) is 10.8. The van der Waals surface area contributed by atoms with Gasteiger partial charge in [0.05, 0.1) is 25.0 Å². The van der Waals surface area contributed by atoms with Gasteiger partial charge < -0.3 is 14.8 Å². The van der Waals surface area contributed by atoms with E-state index < -0.39 is 11.7 Å². The molecule has 1 fully saturated rings. The monoisotopic (exact) mass is 260 g/mol. The van der Waals surface area contributed by atoms with Gasteiger partial charge in [-0.05, 0) is 25.0 Å². The van der Waals surface area contributed by atoms with Gasteiger partial charge in [0, 0.05) is 6.42 Å². The molecule has 100 valence electrons. The number of methoxy groups -OCH3 is 1. The lowest BCUT2D eigenvalue weighted by Gasteiger charge is -2.36. The number of carbonyl (C=O) groups is 1. The van der Waals surface area contributed by atoms with Gasteiger partial charge >= 0.3 is 5.97 Å². The fourth-order valence-corrected chi connectivity index (χ4v) is 2.18. The maximum absolute atomic E-state index is 12.0. The highest BCUT2D eigenvalue weighted by molar-refractivity contribution is 5.83. The van der Waals surface area contributed by atoms with E-state index in [0.717, 1.165) is 12.8 Å². The maximum Gasteiger partial charge on any atom is 0.359 e. The number of para-hydroxylation sites is 1. The lowest BCUT2D eigenvalue weighted by molar-refractivity contribution is -0.170. The van der Waals surface area contributed by atoms with Crippen molar-refractivity contribution >= 4 is 11.7 Å². The van der Waals surface area contributed by atoms with E-state index in [0.29, 0.717) is 24.3 Å². The van der Waals surface area contributed by atoms with Gasteiger partial charge in [0.25, 0.3) is 0 Å². The zero-order chi connectivity index (χ0) is 13.7. The van der Waals surface area contributed by atoms with Crippen LogP contribution in [0.3, 0.4) is 0 Å². The number of nitriles is 1. The highest BCUT2D eigenvalue weighted by Gasteiger charge is 2.42. The summed E-state index contributed by atoms with van der Waals surface area (Å²) in [5.41, 5.74) is -0.128. The smallest absolute Gasteiger partial charge is 0.359 e. The van der Waals surface area contributed by atoms with E-state index >= 15 is 0 Å². The van der Waals surface area contributed by atoms with Crippen LogP contribution in [0.2, 0.25) is 0 Å². The van der Waals surface area contributed by atoms with Gasteiger partial charge in [-0.1, -0.05) is 12.1 Å². The van der Waals surface area contributed by atoms with Crippen molar-refractivity contribution in [3.63, 3.8) is 0 Å². The van der Waals surface area contributed by atoms with Crippen LogP contribution in [0, 0.1) is 11.3 Å². The van der Waals surface area contributed by atoms with Gasteiger partial charge in [-0.15, -0.1) is 0 Å². The van der Waals surface area contributed by atoms with E-state index in [1.165, 1.54) is 7.11 Å². The molecule has 0 radical (unpaired) electrons. The van der Waals surface area contributed by atoms with Crippen LogP contribution in [-0.2, 0) is 14.3 Å². The topological polar surface area (TPSA) is 71.3 Å². The van der Waals surface area contributed by atoms with Gasteiger partial charge in [-0.2, -0.15) is 5.26 Å². The summed E-state index contributed by atoms with van der Waals surface area (Å²) < 4.78 is 10.5. The van der Waals surface area contributed by atoms with Crippen LogP contribution in [-0.4, -0.2) is 25.4 Å². The minimum absolute atomic E-state index is 0.458. The lowest BCUT2D eigenvalue weighted by atomic mass is 10.0. The lowest BCUT2D eigenvalue weighted by Crippen LogP contribution is -2.51. The first-order valence-electron chi connectivity index (χ1n) is 6.21. The predicted octanol–water partition coefficient (Wildman–Crippen LogP) is 2.04. The number of ether oxygens (including phenoxy) is 2. The van der Waals surface area contributed by atoms with Crippen LogP contribution in [0.1, 0.15) is 24.8 Å². The predicted molar refractivity (Wildman–Crippen MR) is 69.3 cm³/mol. The normalized spacial score (nSPS) is 22.3. The first kappa shape index (κ1) is 13.4. The standard InChI is InChI=1S/C14H16N2O3/c1-18-13(17)14(8-4-5-9-19-14)16-12-7-3-2-6-11(12)10-15/h2-3,6-7,16H,4-5,8-9H2,1H3. The van der Waals surface area contributed by atoms with Crippen LogP contribution in [0.4, 0.5) is 5.69 Å². The quantitative estimate of drug-likeness (QED) is 0.842. The number of nitrogens with zero attached hydrogens (tertiary/aromatic N) is 1. The first-order valence-corrected chi connectivity index (χ1v) is 6.21. The summed E-state index contributed by atoms with van der Waals surface area (Å²) in [6.07, 6.45) is 2.32. The number of rotatable bonds is 3. The number of hydrogen-bond acceptors (Lipinski definition) is 5. The molecule has 1 N–H and O–H groups in total. The summed E-state index contributed by atoms with van der Waals surface area (Å²) in [6, 6.07) is 9.11. The Morgan fingerprint density at radius 2 is 2.26 bits per heavy atom. The highest BCUT2D eigenvalue weighted by atomic mass is 16.6. The fraction of sp³-hybridized carbons (Fsp3) is 0.429. The van der Waals surface area contributed by atoms with Gasteiger partial charge in [0.15, 0.2) is 0 Å². The molecule has 1 aliphatic rings. The molecule has 0 saturated carbocycles. The van der Waals surface area contributed by atoms with Crippen molar-refractivity contribution < 1.29 is 14.3 Å². The number of benzene rings is 1. The maximum atomic E-state index is 12.0. The Bertz CT molecular complexity index is 502. The van der Waals surface area contributed by atoms with E-state index in [2.05, 4.69) is 11.4 Å². The van der Waals surface area contributed by atoms with Crippen LogP contribution in [0.5, 0.6) is 0 Å². The molecule has 1 aromatic rings. The van der Waals surface area contributed by atoms with Gasteiger partial charge in [-0.3, -0.25) is 0 Å². The van der Waals surface area contributed by atoms with Crippen molar-refractivity contribution in [1.29, 1.82) is 5.26 Å². The Hall–Kier alpha value is -2.06. The van der Waals surface area contributed by atoms with Crippen molar-refractivity contribution in [3.05, 3.63) is 29.8 Å². The largest absolute Gasteiger partial charge is 0.465 e. The molecule has 0 amide bonds. The molecule has 1 aromatic carbocycles. The molecule has 1 unspecified atom stereocenters. The average Bonchev–Trinajstić information content (AvgIpc) is 2.48. The molecule has 0 bridgehead atoms. The number of nitrogens with one attached hydrogen (secondary N) is 1. The molecule has 1 atom stereocenters. The molecule has 1 heterocycles. The molecule has 0 aromatic heterocycles. The third-order valence-corrected chi connectivity index (χ3v) is 3.17. The highest BCUT2D eigenvalue weighted by Crippen LogP contribution is 2.29. The van der Waals surface area contributed by atoms with E-state index in [-0.39, 0.29) is 0 Å². The van der Waals surface area contributed by atoms with Crippen molar-refractivity contribution in [2.75, 3.05) is 19.0 Å². The van der Waals surface area contributed by atoms with E-state index in [1.807, 2.05) is 0 Å². The third kappa shape index (κ3) is 2.69. The first-order chi connectivity index (χ1) is 9.22. The number of hydrogen-bond donors (Lipinski definition) is 1. The Morgan fingerprint density at radius 3 is 2.89 bits per heavy atom. The molecule has 1 aliphatic heterocycles. The second kappa shape index (κ2) is 5.72. The van der Waals surface area contributed by atoms with E-state index in [9.17, 15) is 4.79 Å². The summed E-state index contributed by atoms with van der Waals surface area (Å²) in [4.78, 5) is 12.0. The van der Waals surface area contributed by atoms with Gasteiger partial charge in [0.1, 0.15) is 6.07 Å². The second-order valence-electron chi connectivity index (χ2n) is 4.41. The molecule has 19 heavy (non-hydrogen) atoms. The molecule has 1 saturated heterocycles. The molecule has 5 heteroatoms. The minimum atomic E-state index is -1.18. The summed E-state index contributed by atoms with van der Waals surface area (Å²) in [6.45, 7) is 0.497. The SMILES string of the molecule is COC(=O)C1(Nc2ccccc2C#N)CCCCO1. The van der Waals surface area contributed by atoms with Crippen LogP contribution < -0.4 is 5.32 Å². The zero-order valence-electron chi connectivity index (χ0n) is 10.8. The fourth-order valence-electron chi connectivity index (χ4n) is 2.18. The second-order valence-corrected chi connectivity index (χ2v) is 4.41. The number of carbonyl (C=O) groups excluding carboxylic acids is 1. The van der Waals surface area contributed by atoms with Crippen molar-refractivity contribution in [3.8, 4) is 6.07 Å². The molecule has 5 nitrogen and oxygen atoms in total. The third-order valence-electron chi connectivity index (χ3n) is 3.17. The molecule has 0 aliphatic carbocycles. The molecular formula is C14H16N2O3. The molecule has 2 rings (SSSR count). The van der Waals surface area contributed by atoms with Crippen molar-refractivity contribution in [2.45, 2.75) is 25.0 Å². The Kier molecular flexibility index (Phi) is 4.03. The Balaban J connectivity index is 2.30. The van der Waals surface area contributed by atoms with Crippen LogP contribution in [0.15, 0.2) is 24.3 Å². The summed E-state index contributed by atoms with van der Waals surface area (Å²) in [5, 5.41) is 12.1. The van der Waals surface area contributed by atoms with E-state index in [1.54, 1.807) is 24.3 Å². The van der Waals surface area contributed by atoms with E-state index in [4.69, 9.17) is 14.7 Å². The van der Waals surface area contributed by atoms with Crippen molar-refractivity contribution in [2.24, 2.45) is 0 Å². The summed E-state index contributed by atoms with van der Waals surface area (Å²) in [5.74, 6) is -0.458. The average molecular weight is 260 g/mol. The summed E-state index contributed by atoms with van der Waals surface area (Å²) >= 11 is 0. The minimum Gasteiger partial charge on any atom is -0.465 e. The van der Waals surface area contributed by atoms with Gasteiger partial charge in [-0.25, -0.2) is 4.79 Å². The van der Waals surface area contributed by atoms with Crippen molar-refractivity contribution in [1.82, 2.24) is 0 Å². The van der Waals surface area contributed by atoms with Gasteiger partial charge in [0.2, 0.25) is 5.72 Å². The molecule has 0 spiro atoms. The Labute approximate surface area is 112 Å². The molecular weight excluding hydrogens is 244 g/mol. The Morgan fingerprint density at radius 1 is 1.47 bits per heavy atom.